The molecule has 164 valence electrons. The van der Waals surface area contributed by atoms with E-state index in [9.17, 15) is 14.9 Å². The second-order valence-corrected chi connectivity index (χ2v) is 8.05. The minimum atomic E-state index is -1.23. The van der Waals surface area contributed by atoms with Crippen LogP contribution >= 0.6 is 0 Å². The Morgan fingerprint density at radius 2 is 1.90 bits per heavy atom. The van der Waals surface area contributed by atoms with E-state index in [1.54, 1.807) is 0 Å². The van der Waals surface area contributed by atoms with Gasteiger partial charge in [0.05, 0.1) is 24.7 Å². The summed E-state index contributed by atoms with van der Waals surface area (Å²) in [4.78, 5) is 12.6. The third-order valence-electron chi connectivity index (χ3n) is 4.72. The number of carbonyl (C=O) groups excluding carboxylic acids is 1. The summed E-state index contributed by atoms with van der Waals surface area (Å²) < 4.78 is 5.75. The molecule has 1 rings (SSSR count). The summed E-state index contributed by atoms with van der Waals surface area (Å²) in [7, 11) is -1.23. The smallest absolute Gasteiger partial charge is 0.426 e. The maximum absolute atomic E-state index is 12.6. The molecule has 0 aliphatic heterocycles. The number of hydrogen-bond acceptors (Lipinski definition) is 6. The van der Waals surface area contributed by atoms with Crippen molar-refractivity contribution in [1.29, 1.82) is 0 Å². The maximum Gasteiger partial charge on any atom is 0.478 e. The zero-order valence-corrected chi connectivity index (χ0v) is 17.8. The normalized spacial score (nSPS) is 15.6. The van der Waals surface area contributed by atoms with Gasteiger partial charge in [-0.1, -0.05) is 57.5 Å². The number of aliphatic hydroxyl groups is 2. The average Bonchev–Trinajstić information content (AvgIpc) is 2.67. The van der Waals surface area contributed by atoms with E-state index in [-0.39, 0.29) is 24.9 Å². The third-order valence-corrected chi connectivity index (χ3v) is 4.72. The molecule has 7 nitrogen and oxygen atoms in total. The Kier molecular flexibility index (Phi) is 12.1. The topological polar surface area (TPSA) is 125 Å². The highest BCUT2D eigenvalue weighted by molar-refractivity contribution is 6.45. The molecule has 1 amide bonds. The highest BCUT2D eigenvalue weighted by Gasteiger charge is 2.33. The van der Waals surface area contributed by atoms with E-state index in [1.807, 2.05) is 51.1 Å². The lowest BCUT2D eigenvalue weighted by Crippen LogP contribution is -2.54. The van der Waals surface area contributed by atoms with Crippen molar-refractivity contribution in [2.45, 2.75) is 77.1 Å². The van der Waals surface area contributed by atoms with Gasteiger partial charge in [-0.2, -0.15) is 0 Å². The Hall–Kier alpha value is -1.45. The molecule has 29 heavy (non-hydrogen) atoms. The van der Waals surface area contributed by atoms with Crippen LogP contribution in [0.5, 0.6) is 0 Å². The van der Waals surface area contributed by atoms with E-state index in [2.05, 4.69) is 5.32 Å². The van der Waals surface area contributed by atoms with Gasteiger partial charge in [0.1, 0.15) is 0 Å². The summed E-state index contributed by atoms with van der Waals surface area (Å²) in [5, 5.41) is 32.3. The van der Waals surface area contributed by atoms with Crippen molar-refractivity contribution in [2.75, 3.05) is 6.61 Å². The molecular weight excluding hydrogens is 371 g/mol. The van der Waals surface area contributed by atoms with Crippen LogP contribution in [0.1, 0.15) is 52.0 Å². The van der Waals surface area contributed by atoms with Crippen LogP contribution < -0.4 is 11.1 Å². The van der Waals surface area contributed by atoms with E-state index in [4.69, 9.17) is 15.5 Å². The quantitative estimate of drug-likeness (QED) is 0.293. The minimum absolute atomic E-state index is 0.219. The monoisotopic (exact) mass is 408 g/mol. The summed E-state index contributed by atoms with van der Waals surface area (Å²) in [6.45, 7) is 5.60. The van der Waals surface area contributed by atoms with Gasteiger partial charge in [-0.05, 0) is 30.7 Å². The standard InChI is InChI=1S/C21H37BN2O5/c1-4-8-18(13-17(26)14-25)29-22(28)20(11-15(2)3)24-21(27)19(23)12-16-9-6-5-7-10-16/h5-7,9-10,15,17-20,25-26,28H,4,8,11-14,23H2,1-3H3,(H,24,27)/t17?,18?,19-,20?/m0/s1. The fourth-order valence-electron chi connectivity index (χ4n) is 3.24. The fourth-order valence-corrected chi connectivity index (χ4v) is 3.24. The first-order chi connectivity index (χ1) is 13.8. The molecule has 0 aromatic heterocycles. The first-order valence-corrected chi connectivity index (χ1v) is 10.5. The zero-order valence-electron chi connectivity index (χ0n) is 17.8. The number of benzene rings is 1. The fraction of sp³-hybridized carbons (Fsp3) is 0.667. The molecule has 1 aromatic rings. The molecule has 0 bridgehead atoms. The van der Waals surface area contributed by atoms with Crippen LogP contribution in [0.4, 0.5) is 0 Å². The van der Waals surface area contributed by atoms with Crippen LogP contribution in [0.2, 0.25) is 0 Å². The molecule has 0 fully saturated rings. The van der Waals surface area contributed by atoms with E-state index in [0.717, 1.165) is 12.0 Å². The second-order valence-electron chi connectivity index (χ2n) is 8.05. The van der Waals surface area contributed by atoms with Gasteiger partial charge in [0, 0.05) is 12.5 Å². The SMILES string of the molecule is CCCC(CC(O)CO)OB(O)C(CC(C)C)NC(=O)[C@@H](N)Cc1ccccc1. The van der Waals surface area contributed by atoms with Gasteiger partial charge < -0.3 is 30.9 Å². The number of amides is 1. The number of carbonyl (C=O) groups is 1. The van der Waals surface area contributed by atoms with Crippen LogP contribution in [0, 0.1) is 5.92 Å². The van der Waals surface area contributed by atoms with Crippen molar-refractivity contribution in [3.63, 3.8) is 0 Å². The Morgan fingerprint density at radius 3 is 2.45 bits per heavy atom. The molecule has 0 aliphatic rings. The van der Waals surface area contributed by atoms with Crippen molar-refractivity contribution in [2.24, 2.45) is 11.7 Å². The highest BCUT2D eigenvalue weighted by Crippen LogP contribution is 2.15. The summed E-state index contributed by atoms with van der Waals surface area (Å²) in [5.41, 5.74) is 7.03. The lowest BCUT2D eigenvalue weighted by molar-refractivity contribution is -0.122. The molecule has 0 saturated carbocycles. The van der Waals surface area contributed by atoms with Gasteiger partial charge in [-0.3, -0.25) is 4.79 Å². The zero-order chi connectivity index (χ0) is 21.8. The van der Waals surface area contributed by atoms with Crippen LogP contribution in [-0.4, -0.2) is 59.1 Å². The molecule has 1 aromatic carbocycles. The lowest BCUT2D eigenvalue weighted by atomic mass is 9.73. The Labute approximate surface area is 174 Å². The third kappa shape index (κ3) is 10.2. The predicted molar refractivity (Wildman–Crippen MR) is 115 cm³/mol. The maximum atomic E-state index is 12.6. The second kappa shape index (κ2) is 13.7. The van der Waals surface area contributed by atoms with Gasteiger partial charge in [-0.15, -0.1) is 0 Å². The van der Waals surface area contributed by atoms with Gasteiger partial charge in [0.15, 0.2) is 0 Å². The van der Waals surface area contributed by atoms with E-state index < -0.39 is 31.3 Å². The molecule has 4 atom stereocenters. The summed E-state index contributed by atoms with van der Waals surface area (Å²) in [5.74, 6) is -0.740. The molecule has 0 radical (unpaired) electrons. The Morgan fingerprint density at radius 1 is 1.24 bits per heavy atom. The number of hydrogen-bond donors (Lipinski definition) is 5. The van der Waals surface area contributed by atoms with Gasteiger partial charge in [0.2, 0.25) is 5.91 Å². The molecule has 0 aliphatic carbocycles. The molecule has 6 N–H and O–H groups in total. The van der Waals surface area contributed by atoms with Crippen LogP contribution in [0.15, 0.2) is 30.3 Å². The molecule has 3 unspecified atom stereocenters. The molecule has 8 heteroatoms. The minimum Gasteiger partial charge on any atom is -0.426 e. The molecule has 0 saturated heterocycles. The Bertz CT molecular complexity index is 575. The number of nitrogens with two attached hydrogens (primary N) is 1. The largest absolute Gasteiger partial charge is 0.478 e. The number of rotatable bonds is 14. The number of aliphatic hydroxyl groups excluding tert-OH is 2. The highest BCUT2D eigenvalue weighted by atomic mass is 16.5. The average molecular weight is 408 g/mol. The van der Waals surface area contributed by atoms with E-state index >= 15 is 0 Å². The van der Waals surface area contributed by atoms with Crippen molar-refractivity contribution in [3.8, 4) is 0 Å². The Balaban J connectivity index is 2.73. The van der Waals surface area contributed by atoms with Crippen molar-refractivity contribution < 1.29 is 24.7 Å². The summed E-state index contributed by atoms with van der Waals surface area (Å²) >= 11 is 0. The first-order valence-electron chi connectivity index (χ1n) is 10.5. The predicted octanol–water partition coefficient (Wildman–Crippen LogP) is 1.04. The van der Waals surface area contributed by atoms with Gasteiger partial charge in [-0.25, -0.2) is 0 Å². The molecule has 0 spiro atoms. The summed E-state index contributed by atoms with van der Waals surface area (Å²) in [6, 6.07) is 8.79. The van der Waals surface area contributed by atoms with Crippen LogP contribution in [0.25, 0.3) is 0 Å². The molecular formula is C21H37BN2O5. The van der Waals surface area contributed by atoms with Crippen LogP contribution in [-0.2, 0) is 15.9 Å². The molecule has 0 heterocycles. The van der Waals surface area contributed by atoms with Crippen molar-refractivity contribution in [1.82, 2.24) is 5.32 Å². The number of nitrogens with one attached hydrogen (secondary N) is 1. The summed E-state index contributed by atoms with van der Waals surface area (Å²) in [6.07, 6.45) is 1.25. The van der Waals surface area contributed by atoms with Gasteiger partial charge >= 0.3 is 7.12 Å². The van der Waals surface area contributed by atoms with Crippen molar-refractivity contribution >= 4 is 13.0 Å². The van der Waals surface area contributed by atoms with Crippen LogP contribution in [0.3, 0.4) is 0 Å². The first kappa shape index (κ1) is 25.6. The van der Waals surface area contributed by atoms with E-state index in [1.165, 1.54) is 0 Å². The van der Waals surface area contributed by atoms with E-state index in [0.29, 0.717) is 19.3 Å². The lowest BCUT2D eigenvalue weighted by Gasteiger charge is -2.28. The van der Waals surface area contributed by atoms with Crippen molar-refractivity contribution in [3.05, 3.63) is 35.9 Å². The van der Waals surface area contributed by atoms with Gasteiger partial charge in [0.25, 0.3) is 0 Å².